The second-order valence-electron chi connectivity index (χ2n) is 5.70. The molecule has 2 rings (SSSR count). The van der Waals surface area contributed by atoms with Crippen molar-refractivity contribution in [3.63, 3.8) is 0 Å². The van der Waals surface area contributed by atoms with E-state index in [2.05, 4.69) is 10.3 Å². The van der Waals surface area contributed by atoms with Crippen molar-refractivity contribution in [1.82, 2.24) is 24.1 Å². The number of aryl methyl sites for hydroxylation is 1. The summed E-state index contributed by atoms with van der Waals surface area (Å²) in [7, 11) is -0.389. The lowest BCUT2D eigenvalue weighted by atomic mass is 10.1. The Morgan fingerprint density at radius 1 is 1.41 bits per heavy atom. The Morgan fingerprint density at radius 3 is 2.59 bits per heavy atom. The van der Waals surface area contributed by atoms with Crippen LogP contribution in [0.3, 0.4) is 0 Å². The predicted octanol–water partition coefficient (Wildman–Crippen LogP) is -0.751. The Bertz CT molecular complexity index is 640. The fraction of sp³-hybridized carbons (Fsp3) is 0.692. The van der Waals surface area contributed by atoms with Gasteiger partial charge in [-0.05, 0) is 13.8 Å². The maximum absolute atomic E-state index is 12.6. The summed E-state index contributed by atoms with van der Waals surface area (Å²) in [5, 5.41) is 2.63. The van der Waals surface area contributed by atoms with E-state index in [4.69, 9.17) is 0 Å². The number of hydrogen-bond acceptors (Lipinski definition) is 5. The van der Waals surface area contributed by atoms with E-state index in [0.717, 1.165) is 0 Å². The van der Waals surface area contributed by atoms with Crippen LogP contribution in [0.15, 0.2) is 17.6 Å². The third kappa shape index (κ3) is 3.16. The van der Waals surface area contributed by atoms with Gasteiger partial charge in [-0.25, -0.2) is 13.4 Å². The third-order valence-corrected chi connectivity index (χ3v) is 5.63. The van der Waals surface area contributed by atoms with Gasteiger partial charge in [0, 0.05) is 46.0 Å². The summed E-state index contributed by atoms with van der Waals surface area (Å²) >= 11 is 0. The lowest BCUT2D eigenvalue weighted by Crippen LogP contribution is -2.61. The van der Waals surface area contributed by atoms with Gasteiger partial charge < -0.3 is 9.88 Å². The minimum absolute atomic E-state index is 0.0173. The van der Waals surface area contributed by atoms with Crippen molar-refractivity contribution in [2.24, 2.45) is 7.05 Å². The van der Waals surface area contributed by atoms with E-state index in [9.17, 15) is 13.2 Å². The fourth-order valence-corrected chi connectivity index (χ4v) is 4.07. The van der Waals surface area contributed by atoms with Gasteiger partial charge in [0.25, 0.3) is 10.0 Å². The Labute approximate surface area is 131 Å². The Hall–Kier alpha value is -1.45. The molecule has 2 heterocycles. The number of imidazole rings is 1. The van der Waals surface area contributed by atoms with E-state index >= 15 is 0 Å². The van der Waals surface area contributed by atoms with E-state index in [1.807, 2.05) is 18.7 Å². The summed E-state index contributed by atoms with van der Waals surface area (Å²) < 4.78 is 28.2. The molecule has 1 atom stereocenters. The lowest BCUT2D eigenvalue weighted by molar-refractivity contribution is -0.128. The molecule has 1 amide bonds. The third-order valence-electron chi connectivity index (χ3n) is 3.88. The summed E-state index contributed by atoms with van der Waals surface area (Å²) in [6, 6.07) is -0.320. The van der Waals surface area contributed by atoms with Crippen LogP contribution in [0.1, 0.15) is 13.8 Å². The van der Waals surface area contributed by atoms with Gasteiger partial charge in [0.05, 0.1) is 6.33 Å². The van der Waals surface area contributed by atoms with E-state index in [1.54, 1.807) is 18.7 Å². The van der Waals surface area contributed by atoms with Crippen LogP contribution in [-0.2, 0) is 21.9 Å². The molecule has 1 aliphatic rings. The van der Waals surface area contributed by atoms with Crippen LogP contribution in [0.2, 0.25) is 0 Å². The number of rotatable bonds is 4. The van der Waals surface area contributed by atoms with Crippen LogP contribution in [0.5, 0.6) is 0 Å². The maximum Gasteiger partial charge on any atom is 0.262 e. The van der Waals surface area contributed by atoms with Gasteiger partial charge in [-0.2, -0.15) is 4.31 Å². The van der Waals surface area contributed by atoms with Crippen LogP contribution in [-0.4, -0.2) is 71.8 Å². The number of carbonyl (C=O) groups is 1. The molecule has 8 nitrogen and oxygen atoms in total. The van der Waals surface area contributed by atoms with Crippen LogP contribution >= 0.6 is 0 Å². The monoisotopic (exact) mass is 329 g/mol. The molecule has 1 fully saturated rings. The second-order valence-corrected chi connectivity index (χ2v) is 7.59. The van der Waals surface area contributed by atoms with Crippen molar-refractivity contribution in [3.8, 4) is 0 Å². The smallest absolute Gasteiger partial charge is 0.262 e. The Balaban J connectivity index is 2.25. The van der Waals surface area contributed by atoms with E-state index in [-0.39, 0.29) is 23.5 Å². The van der Waals surface area contributed by atoms with Crippen molar-refractivity contribution in [1.29, 1.82) is 0 Å². The minimum Gasteiger partial charge on any atom is -0.358 e. The molecule has 0 bridgehead atoms. The fourth-order valence-electron chi connectivity index (χ4n) is 2.66. The first-order chi connectivity index (χ1) is 10.3. The number of piperazine rings is 1. The van der Waals surface area contributed by atoms with Crippen molar-refractivity contribution < 1.29 is 13.2 Å². The summed E-state index contributed by atoms with van der Waals surface area (Å²) in [6.07, 6.45) is 2.92. The number of carbonyl (C=O) groups excluding carboxylic acids is 1. The molecule has 9 heteroatoms. The van der Waals surface area contributed by atoms with Crippen LogP contribution in [0.4, 0.5) is 0 Å². The van der Waals surface area contributed by atoms with Gasteiger partial charge in [0.15, 0.2) is 5.03 Å². The summed E-state index contributed by atoms with van der Waals surface area (Å²) in [5.74, 6) is -0.172. The molecule has 1 saturated heterocycles. The van der Waals surface area contributed by atoms with Crippen molar-refractivity contribution in [2.75, 3.05) is 26.7 Å². The van der Waals surface area contributed by atoms with Gasteiger partial charge >= 0.3 is 0 Å². The zero-order valence-electron chi connectivity index (χ0n) is 13.4. The minimum atomic E-state index is -3.67. The lowest BCUT2D eigenvalue weighted by Gasteiger charge is -2.41. The molecule has 0 radical (unpaired) electrons. The first-order valence-corrected chi connectivity index (χ1v) is 8.67. The van der Waals surface area contributed by atoms with Crippen molar-refractivity contribution >= 4 is 15.9 Å². The first-order valence-electron chi connectivity index (χ1n) is 7.22. The largest absolute Gasteiger partial charge is 0.358 e. The highest BCUT2D eigenvalue weighted by molar-refractivity contribution is 7.89. The number of hydrogen-bond donors (Lipinski definition) is 1. The number of nitrogens with zero attached hydrogens (tertiary/aromatic N) is 4. The highest BCUT2D eigenvalue weighted by Crippen LogP contribution is 2.20. The standard InChI is InChI=1S/C13H23N5O3S/c1-10(2)18-6-5-17(7-11(18)13(19)14-3)22(20,21)12-8-16(4)9-15-12/h8-11H,5-7H2,1-4H3,(H,14,19). The predicted molar refractivity (Wildman–Crippen MR) is 81.7 cm³/mol. The molecule has 124 valence electrons. The number of aromatic nitrogens is 2. The van der Waals surface area contributed by atoms with Crippen LogP contribution < -0.4 is 5.32 Å². The number of nitrogens with one attached hydrogen (secondary N) is 1. The molecule has 1 aromatic rings. The van der Waals surface area contributed by atoms with E-state index in [1.165, 1.54) is 16.8 Å². The zero-order chi connectivity index (χ0) is 16.5. The number of amides is 1. The summed E-state index contributed by atoms with van der Waals surface area (Å²) in [6.45, 7) is 5.00. The van der Waals surface area contributed by atoms with E-state index < -0.39 is 16.1 Å². The highest BCUT2D eigenvalue weighted by Gasteiger charge is 2.39. The van der Waals surface area contributed by atoms with Crippen LogP contribution in [0, 0.1) is 0 Å². The normalized spacial score (nSPS) is 21.2. The molecular weight excluding hydrogens is 306 g/mol. The number of likely N-dealkylation sites (N-methyl/N-ethyl adjacent to an activating group) is 1. The maximum atomic E-state index is 12.6. The van der Waals surface area contributed by atoms with Gasteiger partial charge in [0.2, 0.25) is 5.91 Å². The molecule has 1 aliphatic heterocycles. The molecule has 22 heavy (non-hydrogen) atoms. The summed E-state index contributed by atoms with van der Waals surface area (Å²) in [4.78, 5) is 18.0. The van der Waals surface area contributed by atoms with Gasteiger partial charge in [0.1, 0.15) is 6.04 Å². The average Bonchev–Trinajstić information content (AvgIpc) is 2.93. The van der Waals surface area contributed by atoms with E-state index in [0.29, 0.717) is 13.1 Å². The Kier molecular flexibility index (Phi) is 4.88. The zero-order valence-corrected chi connectivity index (χ0v) is 14.2. The van der Waals surface area contributed by atoms with Crippen molar-refractivity contribution in [3.05, 3.63) is 12.5 Å². The number of sulfonamides is 1. The Morgan fingerprint density at radius 2 is 2.09 bits per heavy atom. The first kappa shape index (κ1) is 16.9. The summed E-state index contributed by atoms with van der Waals surface area (Å²) in [5.41, 5.74) is 0. The average molecular weight is 329 g/mol. The van der Waals surface area contributed by atoms with Gasteiger partial charge in [-0.3, -0.25) is 9.69 Å². The SMILES string of the molecule is CNC(=O)C1CN(S(=O)(=O)c2cn(C)cn2)CCN1C(C)C. The molecule has 1 aromatic heterocycles. The van der Waals surface area contributed by atoms with Gasteiger partial charge in [-0.1, -0.05) is 0 Å². The molecular formula is C13H23N5O3S. The topological polar surface area (TPSA) is 87.5 Å². The molecule has 0 saturated carbocycles. The quantitative estimate of drug-likeness (QED) is 0.785. The van der Waals surface area contributed by atoms with Crippen molar-refractivity contribution in [2.45, 2.75) is 31.0 Å². The molecule has 0 aromatic carbocycles. The highest BCUT2D eigenvalue weighted by atomic mass is 32.2. The molecule has 0 spiro atoms. The molecule has 0 aliphatic carbocycles. The van der Waals surface area contributed by atoms with Crippen LogP contribution in [0.25, 0.3) is 0 Å². The second kappa shape index (κ2) is 6.35. The van der Waals surface area contributed by atoms with Gasteiger partial charge in [-0.15, -0.1) is 0 Å². The molecule has 1 unspecified atom stereocenters. The molecule has 1 N–H and O–H groups in total.